The second kappa shape index (κ2) is 3.87. The van der Waals surface area contributed by atoms with Crippen LogP contribution in [0.3, 0.4) is 0 Å². The summed E-state index contributed by atoms with van der Waals surface area (Å²) in [4.78, 5) is 0. The third-order valence-electron chi connectivity index (χ3n) is 1.11. The molecule has 0 radical (unpaired) electrons. The Bertz CT molecular complexity index is 344. The van der Waals surface area contributed by atoms with Gasteiger partial charge in [-0.15, -0.1) is 0 Å². The van der Waals surface area contributed by atoms with Gasteiger partial charge in [-0.25, -0.2) is 0 Å². The molecule has 2 N–H and O–H groups in total. The van der Waals surface area contributed by atoms with Gasteiger partial charge in [-0.1, -0.05) is 0 Å². The van der Waals surface area contributed by atoms with Gasteiger partial charge in [-0.2, -0.15) is 0 Å². The van der Waals surface area contributed by atoms with Crippen molar-refractivity contribution in [3.05, 3.63) is 24.3 Å². The number of hydrogen-bond acceptors (Lipinski definition) is 3. The van der Waals surface area contributed by atoms with Crippen LogP contribution in [0.15, 0.2) is 24.3 Å². The van der Waals surface area contributed by atoms with E-state index >= 15 is 0 Å². The molecule has 0 fully saturated rings. The van der Waals surface area contributed by atoms with Gasteiger partial charge < -0.3 is 0 Å². The second-order valence-electron chi connectivity index (χ2n) is 1.82. The Labute approximate surface area is 65.3 Å². The molecule has 3 nitrogen and oxygen atoms in total. The molecule has 1 aromatic carbocycles. The average molecular weight is 167 g/mol. The number of ether oxygens (including phenoxy) is 1. The number of rotatable bonds is 1. The van der Waals surface area contributed by atoms with E-state index in [9.17, 15) is 4.57 Å². The average Bonchev–Trinajstić information content (AvgIpc) is 2.03. The van der Waals surface area contributed by atoms with Crippen molar-refractivity contribution in [2.75, 3.05) is 5.73 Å². The Balaban J connectivity index is 2.91. The summed E-state index contributed by atoms with van der Waals surface area (Å²) in [6, 6.07) is 6.93. The van der Waals surface area contributed by atoms with Gasteiger partial charge in [0.2, 0.25) is 0 Å². The summed E-state index contributed by atoms with van der Waals surface area (Å²) in [6.45, 7) is 0. The van der Waals surface area contributed by atoms with Gasteiger partial charge in [0.05, 0.1) is 0 Å². The Morgan fingerprint density at radius 2 is 2.18 bits per heavy atom. The molecule has 0 aliphatic heterocycles. The molecule has 0 aromatic heterocycles. The summed E-state index contributed by atoms with van der Waals surface area (Å²) in [5.74, 6) is 2.61. The zero-order chi connectivity index (χ0) is 8.10. The number of nitrogen functional groups attached to an aromatic ring is 1. The summed E-state index contributed by atoms with van der Waals surface area (Å²) in [6.07, 6.45) is 0. The van der Waals surface area contributed by atoms with Crippen LogP contribution in [0.1, 0.15) is 0 Å². The topological polar surface area (TPSA) is 52.3 Å². The van der Waals surface area contributed by atoms with E-state index in [4.69, 9.17) is 10.5 Å². The van der Waals surface area contributed by atoms with Crippen LogP contribution in [-0.2, 0) is 4.57 Å². The fraction of sp³-hybridized carbons (Fsp3) is 0. The van der Waals surface area contributed by atoms with Crippen LogP contribution >= 0.6 is 7.92 Å². The van der Waals surface area contributed by atoms with Gasteiger partial charge in [0, 0.05) is 0 Å². The number of hydrogen-bond donors (Lipinski definition) is 1. The van der Waals surface area contributed by atoms with Crippen LogP contribution in [0.2, 0.25) is 0 Å². The van der Waals surface area contributed by atoms with Gasteiger partial charge in [0.15, 0.2) is 0 Å². The van der Waals surface area contributed by atoms with Crippen molar-refractivity contribution in [2.45, 2.75) is 0 Å². The molecule has 0 amide bonds. The molecule has 0 aliphatic carbocycles. The van der Waals surface area contributed by atoms with Crippen LogP contribution in [0, 0.1) is 5.81 Å². The first kappa shape index (κ1) is 7.93. The monoisotopic (exact) mass is 167 g/mol. The van der Waals surface area contributed by atoms with E-state index in [0.29, 0.717) is 11.4 Å². The molecule has 0 atom stereocenters. The molecule has 0 spiro atoms. The number of benzene rings is 1. The van der Waals surface area contributed by atoms with Crippen LogP contribution < -0.4 is 10.5 Å². The minimum absolute atomic E-state index is 0.285. The summed E-state index contributed by atoms with van der Waals surface area (Å²) < 4.78 is 14.7. The number of nitrogens with two attached hydrogens (primary N) is 1. The molecule has 4 heteroatoms. The molecule has 0 saturated heterocycles. The standard InChI is InChI=1S/C7H6NO2P/c8-6-3-1-2-4-7(6)10-5-11-9/h1-4H,8H2. The summed E-state index contributed by atoms with van der Waals surface area (Å²) >= 11 is 0. The van der Waals surface area contributed by atoms with Crippen molar-refractivity contribution in [1.82, 2.24) is 0 Å². The predicted octanol–water partition coefficient (Wildman–Crippen LogP) is 1.86. The van der Waals surface area contributed by atoms with Crippen LogP contribution in [0.25, 0.3) is 0 Å². The Morgan fingerprint density at radius 1 is 1.45 bits per heavy atom. The predicted molar refractivity (Wildman–Crippen MR) is 43.0 cm³/mol. The molecule has 0 bridgehead atoms. The van der Waals surface area contributed by atoms with Gasteiger partial charge in [-0.05, 0) is 0 Å². The van der Waals surface area contributed by atoms with E-state index in [2.05, 4.69) is 5.81 Å². The molecule has 0 unspecified atom stereocenters. The van der Waals surface area contributed by atoms with Crippen molar-refractivity contribution in [3.8, 4) is 11.6 Å². The normalized spacial score (nSPS) is 8.36. The molecule has 0 heterocycles. The van der Waals surface area contributed by atoms with Gasteiger partial charge in [0.1, 0.15) is 0 Å². The Morgan fingerprint density at radius 3 is 2.82 bits per heavy atom. The van der Waals surface area contributed by atoms with Gasteiger partial charge >= 0.3 is 64.5 Å². The summed E-state index contributed by atoms with van der Waals surface area (Å²) in [7, 11) is -0.285. The summed E-state index contributed by atoms with van der Waals surface area (Å²) in [5.41, 5.74) is 5.99. The second-order valence-corrected chi connectivity index (χ2v) is 2.19. The van der Waals surface area contributed by atoms with E-state index < -0.39 is 0 Å². The molecule has 0 aliphatic rings. The van der Waals surface area contributed by atoms with E-state index in [1.54, 1.807) is 24.3 Å². The van der Waals surface area contributed by atoms with Gasteiger partial charge in [0.25, 0.3) is 0 Å². The quantitative estimate of drug-likeness (QED) is 0.513. The SMILES string of the molecule is Nc1ccccc1OC#P=O. The zero-order valence-electron chi connectivity index (χ0n) is 5.65. The third-order valence-corrected chi connectivity index (χ3v) is 1.28. The minimum atomic E-state index is -0.285. The van der Waals surface area contributed by atoms with Crippen molar-refractivity contribution in [3.63, 3.8) is 0 Å². The van der Waals surface area contributed by atoms with Crippen molar-refractivity contribution >= 4 is 13.6 Å². The molecule has 0 saturated carbocycles. The van der Waals surface area contributed by atoms with E-state index in [1.165, 1.54) is 0 Å². The Kier molecular flexibility index (Phi) is 2.79. The number of para-hydroxylation sites is 2. The fourth-order valence-electron chi connectivity index (χ4n) is 0.641. The van der Waals surface area contributed by atoms with E-state index in [1.807, 2.05) is 0 Å². The first-order valence-electron chi connectivity index (χ1n) is 2.93. The first-order chi connectivity index (χ1) is 5.34. The van der Waals surface area contributed by atoms with Gasteiger partial charge in [-0.3, -0.25) is 0 Å². The van der Waals surface area contributed by atoms with Crippen LogP contribution in [0.4, 0.5) is 5.69 Å². The number of anilines is 1. The molecular weight excluding hydrogens is 161 g/mol. The van der Waals surface area contributed by atoms with E-state index in [0.717, 1.165) is 0 Å². The first-order valence-corrected chi connectivity index (χ1v) is 3.74. The van der Waals surface area contributed by atoms with Crippen LogP contribution in [-0.4, -0.2) is 0 Å². The van der Waals surface area contributed by atoms with Crippen LogP contribution in [0.5, 0.6) is 5.75 Å². The molecular formula is C7H6NO2P. The zero-order valence-corrected chi connectivity index (χ0v) is 6.54. The van der Waals surface area contributed by atoms with E-state index in [-0.39, 0.29) is 7.92 Å². The molecule has 1 aromatic rings. The van der Waals surface area contributed by atoms with Crippen molar-refractivity contribution in [1.29, 1.82) is 0 Å². The van der Waals surface area contributed by atoms with Crippen molar-refractivity contribution in [2.24, 2.45) is 0 Å². The maximum atomic E-state index is 9.91. The van der Waals surface area contributed by atoms with Crippen molar-refractivity contribution < 1.29 is 9.30 Å². The third kappa shape index (κ3) is 2.15. The molecule has 56 valence electrons. The summed E-state index contributed by atoms with van der Waals surface area (Å²) in [5, 5.41) is 0. The molecule has 1 rings (SSSR count). The maximum absolute atomic E-state index is 9.91. The Hall–Kier alpha value is -1.17. The fourth-order valence-corrected chi connectivity index (χ4v) is 0.777. The molecule has 11 heavy (non-hydrogen) atoms.